The van der Waals surface area contributed by atoms with Crippen LogP contribution in [0.1, 0.15) is 0 Å². The fourth-order valence-electron chi connectivity index (χ4n) is 2.52. The number of hydrogen-bond acceptors (Lipinski definition) is 5. The number of fused-ring (bicyclic) bond motifs is 1. The summed E-state index contributed by atoms with van der Waals surface area (Å²) >= 11 is 0. The van der Waals surface area contributed by atoms with E-state index in [1.54, 1.807) is 24.4 Å². The molecule has 0 spiro atoms. The van der Waals surface area contributed by atoms with Gasteiger partial charge in [-0.25, -0.2) is 33.1 Å². The molecule has 5 nitrogen and oxygen atoms in total. The maximum Gasteiger partial charge on any atom is 0.161 e. The minimum atomic E-state index is -1.26. The highest BCUT2D eigenvalue weighted by atomic mass is 19.2. The largest absolute Gasteiger partial charge is 0.339 e. The van der Waals surface area contributed by atoms with Crippen LogP contribution < -0.4 is 5.32 Å². The van der Waals surface area contributed by atoms with Gasteiger partial charge in [-0.1, -0.05) is 0 Å². The second kappa shape index (κ2) is 6.40. The van der Waals surface area contributed by atoms with E-state index < -0.39 is 17.5 Å². The molecule has 0 aliphatic carbocycles. The average molecular weight is 353 g/mol. The van der Waals surface area contributed by atoms with Gasteiger partial charge in [-0.2, -0.15) is 0 Å². The number of halogens is 3. The Kier molecular flexibility index (Phi) is 3.92. The van der Waals surface area contributed by atoms with Crippen molar-refractivity contribution in [1.82, 2.24) is 19.9 Å². The first-order valence-electron chi connectivity index (χ1n) is 7.55. The molecule has 3 aromatic heterocycles. The predicted molar refractivity (Wildman–Crippen MR) is 90.2 cm³/mol. The minimum Gasteiger partial charge on any atom is -0.339 e. The number of nitrogens with zero attached hydrogens (tertiary/aromatic N) is 4. The molecule has 128 valence electrons. The van der Waals surface area contributed by atoms with Crippen molar-refractivity contribution >= 4 is 22.5 Å². The van der Waals surface area contributed by atoms with Gasteiger partial charge in [0.05, 0.1) is 11.4 Å². The maximum atomic E-state index is 14.2. The van der Waals surface area contributed by atoms with Crippen molar-refractivity contribution in [3.63, 3.8) is 0 Å². The number of benzene rings is 1. The zero-order valence-corrected chi connectivity index (χ0v) is 13.1. The number of pyridine rings is 2. The molecule has 0 unspecified atom stereocenters. The molecule has 0 amide bonds. The number of aromatic nitrogens is 4. The minimum absolute atomic E-state index is 0.115. The number of hydrogen-bond donors (Lipinski definition) is 1. The van der Waals surface area contributed by atoms with Gasteiger partial charge in [0.1, 0.15) is 18.0 Å². The summed E-state index contributed by atoms with van der Waals surface area (Å²) < 4.78 is 41.0. The van der Waals surface area contributed by atoms with Gasteiger partial charge >= 0.3 is 0 Å². The van der Waals surface area contributed by atoms with Crippen molar-refractivity contribution in [2.75, 3.05) is 5.32 Å². The Hall–Kier alpha value is -3.55. The molecule has 0 aliphatic heterocycles. The normalized spacial score (nSPS) is 10.9. The van der Waals surface area contributed by atoms with Crippen LogP contribution in [0.15, 0.2) is 55.1 Å². The predicted octanol–water partition coefficient (Wildman–Crippen LogP) is 4.25. The van der Waals surface area contributed by atoms with Gasteiger partial charge in [-0.3, -0.25) is 0 Å². The standard InChI is InChI=1S/C18H10F3N5/c19-12-7-14(21)13(20)6-11(12)16-8-15(25-17-3-5-22-9-24-17)10-2-1-4-23-18(10)26-16/h1-9H,(H,22,23,24,25,26). The van der Waals surface area contributed by atoms with Gasteiger partial charge in [-0.15, -0.1) is 0 Å². The van der Waals surface area contributed by atoms with Crippen LogP contribution in [0.5, 0.6) is 0 Å². The van der Waals surface area contributed by atoms with E-state index in [9.17, 15) is 13.2 Å². The van der Waals surface area contributed by atoms with E-state index >= 15 is 0 Å². The first-order chi connectivity index (χ1) is 12.6. The Morgan fingerprint density at radius 3 is 2.50 bits per heavy atom. The summed E-state index contributed by atoms with van der Waals surface area (Å²) in [6.07, 6.45) is 4.47. The fourth-order valence-corrected chi connectivity index (χ4v) is 2.52. The van der Waals surface area contributed by atoms with Crippen LogP contribution in [0, 0.1) is 17.5 Å². The summed E-state index contributed by atoms with van der Waals surface area (Å²) in [7, 11) is 0. The molecule has 3 heterocycles. The first kappa shape index (κ1) is 15.9. The lowest BCUT2D eigenvalue weighted by Crippen LogP contribution is -1.99. The van der Waals surface area contributed by atoms with Crippen LogP contribution in [0.2, 0.25) is 0 Å². The molecule has 0 bridgehead atoms. The molecule has 26 heavy (non-hydrogen) atoms. The third-order valence-electron chi connectivity index (χ3n) is 3.71. The second-order valence-corrected chi connectivity index (χ2v) is 5.40. The summed E-state index contributed by atoms with van der Waals surface area (Å²) in [6, 6.07) is 7.96. The molecular formula is C18H10F3N5. The van der Waals surface area contributed by atoms with Crippen LogP contribution in [0.25, 0.3) is 22.3 Å². The van der Waals surface area contributed by atoms with Crippen LogP contribution in [0.4, 0.5) is 24.7 Å². The van der Waals surface area contributed by atoms with Crippen molar-refractivity contribution < 1.29 is 13.2 Å². The molecule has 0 radical (unpaired) electrons. The topological polar surface area (TPSA) is 63.6 Å². The number of rotatable bonds is 3. The number of anilines is 2. The van der Waals surface area contributed by atoms with Crippen molar-refractivity contribution in [3.8, 4) is 11.3 Å². The van der Waals surface area contributed by atoms with E-state index in [-0.39, 0.29) is 11.3 Å². The smallest absolute Gasteiger partial charge is 0.161 e. The summed E-state index contributed by atoms with van der Waals surface area (Å²) in [6.45, 7) is 0. The van der Waals surface area contributed by atoms with Crippen LogP contribution in [-0.4, -0.2) is 19.9 Å². The van der Waals surface area contributed by atoms with Gasteiger partial charge in [0, 0.05) is 29.4 Å². The maximum absolute atomic E-state index is 14.2. The molecule has 4 aromatic rings. The highest BCUT2D eigenvalue weighted by Gasteiger charge is 2.15. The molecule has 0 saturated heterocycles. The van der Waals surface area contributed by atoms with E-state index in [0.29, 0.717) is 28.6 Å². The van der Waals surface area contributed by atoms with E-state index in [1.165, 1.54) is 18.6 Å². The Bertz CT molecular complexity index is 1100. The highest BCUT2D eigenvalue weighted by molar-refractivity contribution is 5.93. The van der Waals surface area contributed by atoms with Crippen LogP contribution >= 0.6 is 0 Å². The lowest BCUT2D eigenvalue weighted by atomic mass is 10.1. The summed E-state index contributed by atoms with van der Waals surface area (Å²) in [5, 5.41) is 3.75. The molecule has 0 saturated carbocycles. The molecule has 8 heteroatoms. The Morgan fingerprint density at radius 2 is 1.69 bits per heavy atom. The zero-order valence-electron chi connectivity index (χ0n) is 13.1. The Morgan fingerprint density at radius 1 is 0.846 bits per heavy atom. The molecule has 1 N–H and O–H groups in total. The summed E-state index contributed by atoms with van der Waals surface area (Å²) in [4.78, 5) is 16.4. The third kappa shape index (κ3) is 2.92. The summed E-state index contributed by atoms with van der Waals surface area (Å²) in [5.74, 6) is -2.83. The molecular weight excluding hydrogens is 343 g/mol. The summed E-state index contributed by atoms with van der Waals surface area (Å²) in [5.41, 5.74) is 0.818. The van der Waals surface area contributed by atoms with Crippen molar-refractivity contribution in [2.24, 2.45) is 0 Å². The van der Waals surface area contributed by atoms with Crippen molar-refractivity contribution in [1.29, 1.82) is 0 Å². The first-order valence-corrected chi connectivity index (χ1v) is 7.55. The van der Waals surface area contributed by atoms with Gasteiger partial charge in [-0.05, 0) is 30.3 Å². The Balaban J connectivity index is 1.91. The van der Waals surface area contributed by atoms with Gasteiger partial charge in [0.2, 0.25) is 0 Å². The van der Waals surface area contributed by atoms with E-state index in [1.807, 2.05) is 0 Å². The quantitative estimate of drug-likeness (QED) is 0.558. The highest BCUT2D eigenvalue weighted by Crippen LogP contribution is 2.31. The number of nitrogens with one attached hydrogen (secondary N) is 1. The molecule has 0 aliphatic rings. The molecule has 0 atom stereocenters. The average Bonchev–Trinajstić information content (AvgIpc) is 2.65. The molecule has 0 fully saturated rings. The third-order valence-corrected chi connectivity index (χ3v) is 3.71. The molecule has 1 aromatic carbocycles. The van der Waals surface area contributed by atoms with Gasteiger partial charge in [0.15, 0.2) is 17.3 Å². The van der Waals surface area contributed by atoms with Gasteiger partial charge in [0.25, 0.3) is 0 Å². The lowest BCUT2D eigenvalue weighted by molar-refractivity contribution is 0.496. The van der Waals surface area contributed by atoms with Crippen LogP contribution in [0.3, 0.4) is 0 Å². The monoisotopic (exact) mass is 353 g/mol. The van der Waals surface area contributed by atoms with E-state index in [4.69, 9.17) is 0 Å². The van der Waals surface area contributed by atoms with Crippen LogP contribution in [-0.2, 0) is 0 Å². The van der Waals surface area contributed by atoms with Crippen molar-refractivity contribution in [2.45, 2.75) is 0 Å². The SMILES string of the molecule is Fc1cc(F)c(-c2cc(Nc3ccncn3)c3cccnc3n2)cc1F. The Labute approximate surface area is 145 Å². The lowest BCUT2D eigenvalue weighted by Gasteiger charge is -2.11. The van der Waals surface area contributed by atoms with E-state index in [2.05, 4.69) is 25.3 Å². The molecule has 4 rings (SSSR count). The van der Waals surface area contributed by atoms with E-state index in [0.717, 1.165) is 6.07 Å². The van der Waals surface area contributed by atoms with Crippen molar-refractivity contribution in [3.05, 3.63) is 72.6 Å². The second-order valence-electron chi connectivity index (χ2n) is 5.40. The van der Waals surface area contributed by atoms with Gasteiger partial charge < -0.3 is 5.32 Å². The fraction of sp³-hybridized carbons (Fsp3) is 0. The zero-order chi connectivity index (χ0) is 18.1.